The molecule has 0 saturated carbocycles. The summed E-state index contributed by atoms with van der Waals surface area (Å²) in [6.07, 6.45) is -0.864. The third-order valence-corrected chi connectivity index (χ3v) is 6.15. The Kier molecular flexibility index (Phi) is 10.6. The van der Waals surface area contributed by atoms with Crippen LogP contribution in [-0.4, -0.2) is 56.7 Å². The van der Waals surface area contributed by atoms with Crippen molar-refractivity contribution in [2.45, 2.75) is 44.5 Å². The van der Waals surface area contributed by atoms with Gasteiger partial charge in [0.2, 0.25) is 11.8 Å². The van der Waals surface area contributed by atoms with E-state index in [1.807, 2.05) is 30.3 Å². The van der Waals surface area contributed by atoms with Gasteiger partial charge >= 0.3 is 5.97 Å². The van der Waals surface area contributed by atoms with Gasteiger partial charge in [0.15, 0.2) is 5.78 Å². The molecule has 35 heavy (non-hydrogen) atoms. The number of nitrogens with one attached hydrogen (secondary N) is 2. The van der Waals surface area contributed by atoms with Gasteiger partial charge in [-0.3, -0.25) is 19.2 Å². The highest BCUT2D eigenvalue weighted by atomic mass is 32.2. The summed E-state index contributed by atoms with van der Waals surface area (Å²) in [6.45, 7) is 3.39. The number of thioether (sulfide) groups is 1. The Hall–Kier alpha value is -3.53. The second-order valence-corrected chi connectivity index (χ2v) is 9.37. The van der Waals surface area contributed by atoms with Gasteiger partial charge in [-0.15, -0.1) is 11.8 Å². The number of carbonyl (C=O) groups excluding carboxylic acids is 3. The van der Waals surface area contributed by atoms with Crippen LogP contribution >= 0.6 is 11.8 Å². The lowest BCUT2D eigenvalue weighted by molar-refractivity contribution is -0.140. The average molecular weight is 503 g/mol. The Morgan fingerprint density at radius 2 is 1.66 bits per heavy atom. The zero-order valence-corrected chi connectivity index (χ0v) is 20.4. The molecule has 188 valence electrons. The number of carbonyl (C=O) groups is 4. The average Bonchev–Trinajstić information content (AvgIpc) is 2.79. The smallest absolute Gasteiger partial charge is 0.305 e. The predicted molar refractivity (Wildman–Crippen MR) is 132 cm³/mol. The Morgan fingerprint density at radius 1 is 0.971 bits per heavy atom. The SMILES string of the molecule is CC(C)[C@H](NC(=O)Cc1cc(O)ccc1O)C(=O)NC(CC(=O)O)C(=O)CSCc1ccccc1. The lowest BCUT2D eigenvalue weighted by Gasteiger charge is -2.24. The minimum Gasteiger partial charge on any atom is -0.508 e. The number of hydrogen-bond donors (Lipinski definition) is 5. The maximum Gasteiger partial charge on any atom is 0.305 e. The van der Waals surface area contributed by atoms with E-state index < -0.39 is 42.1 Å². The molecule has 2 atom stereocenters. The number of phenolic OH excluding ortho intramolecular Hbond substituents is 2. The molecule has 5 N–H and O–H groups in total. The van der Waals surface area contributed by atoms with Crippen LogP contribution in [0.2, 0.25) is 0 Å². The summed E-state index contributed by atoms with van der Waals surface area (Å²) in [5.74, 6) is -3.02. The third kappa shape index (κ3) is 9.32. The van der Waals surface area contributed by atoms with Crippen LogP contribution in [0.3, 0.4) is 0 Å². The fraction of sp³-hybridized carbons (Fsp3) is 0.360. The summed E-state index contributed by atoms with van der Waals surface area (Å²) >= 11 is 1.32. The lowest BCUT2D eigenvalue weighted by Crippen LogP contribution is -2.54. The van der Waals surface area contributed by atoms with Crippen LogP contribution in [0, 0.1) is 5.92 Å². The number of benzene rings is 2. The third-order valence-electron chi connectivity index (χ3n) is 5.12. The highest BCUT2D eigenvalue weighted by molar-refractivity contribution is 7.99. The van der Waals surface area contributed by atoms with Crippen LogP contribution in [0.4, 0.5) is 0 Å². The number of ketones is 1. The van der Waals surface area contributed by atoms with Crippen molar-refractivity contribution >= 4 is 35.3 Å². The zero-order chi connectivity index (χ0) is 26.0. The van der Waals surface area contributed by atoms with E-state index in [0.29, 0.717) is 5.75 Å². The van der Waals surface area contributed by atoms with Crippen molar-refractivity contribution < 1.29 is 34.5 Å². The van der Waals surface area contributed by atoms with Crippen LogP contribution in [0.25, 0.3) is 0 Å². The number of aromatic hydroxyl groups is 2. The molecule has 0 aliphatic rings. The van der Waals surface area contributed by atoms with Crippen molar-refractivity contribution in [2.75, 3.05) is 5.75 Å². The number of Topliss-reactive ketones (excluding diaryl/α,β-unsaturated/α-hetero) is 1. The molecule has 0 aromatic heterocycles. The van der Waals surface area contributed by atoms with Gasteiger partial charge in [0, 0.05) is 11.3 Å². The van der Waals surface area contributed by atoms with Crippen LogP contribution in [0.15, 0.2) is 48.5 Å². The van der Waals surface area contributed by atoms with Crippen molar-refractivity contribution in [3.05, 3.63) is 59.7 Å². The van der Waals surface area contributed by atoms with Crippen molar-refractivity contribution in [1.29, 1.82) is 0 Å². The molecule has 0 bridgehead atoms. The molecule has 2 rings (SSSR count). The fourth-order valence-corrected chi connectivity index (χ4v) is 4.20. The minimum absolute atomic E-state index is 0.0165. The van der Waals surface area contributed by atoms with Gasteiger partial charge in [0.25, 0.3) is 0 Å². The van der Waals surface area contributed by atoms with Gasteiger partial charge < -0.3 is 26.0 Å². The first-order valence-electron chi connectivity index (χ1n) is 11.0. The highest BCUT2D eigenvalue weighted by Gasteiger charge is 2.30. The van der Waals surface area contributed by atoms with Gasteiger partial charge in [-0.2, -0.15) is 0 Å². The molecule has 2 aromatic rings. The molecule has 9 nitrogen and oxygen atoms in total. The zero-order valence-electron chi connectivity index (χ0n) is 19.6. The summed E-state index contributed by atoms with van der Waals surface area (Å²) in [7, 11) is 0. The van der Waals surface area contributed by atoms with Crippen molar-refractivity contribution in [3.8, 4) is 11.5 Å². The van der Waals surface area contributed by atoms with Crippen LogP contribution in [0.1, 0.15) is 31.4 Å². The molecule has 0 saturated heterocycles. The molecule has 2 aromatic carbocycles. The molecule has 0 fully saturated rings. The summed E-state index contributed by atoms with van der Waals surface area (Å²) in [5, 5.41) is 33.7. The molecular weight excluding hydrogens is 472 g/mol. The molecular formula is C25H30N2O7S. The molecule has 1 unspecified atom stereocenters. The molecule has 0 radical (unpaired) electrons. The van der Waals surface area contributed by atoms with E-state index in [2.05, 4.69) is 10.6 Å². The summed E-state index contributed by atoms with van der Waals surface area (Å²) in [4.78, 5) is 49.4. The van der Waals surface area contributed by atoms with E-state index in [4.69, 9.17) is 0 Å². The van der Waals surface area contributed by atoms with E-state index >= 15 is 0 Å². The number of carboxylic acids is 1. The molecule has 10 heteroatoms. The Balaban J connectivity index is 2.01. The second-order valence-electron chi connectivity index (χ2n) is 8.38. The minimum atomic E-state index is -1.24. The van der Waals surface area contributed by atoms with Gasteiger partial charge in [-0.1, -0.05) is 44.2 Å². The molecule has 0 aliphatic heterocycles. The standard InChI is InChI=1S/C25H30N2O7S/c1-15(2)24(27-22(31)11-17-10-18(28)8-9-20(17)29)25(34)26-19(12-23(32)33)21(30)14-35-13-16-6-4-3-5-7-16/h3-10,15,19,24,28-29H,11-14H2,1-2H3,(H,26,34)(H,27,31)(H,32,33)/t19?,24-/m0/s1. The first-order valence-corrected chi connectivity index (χ1v) is 12.2. The molecule has 0 aliphatic carbocycles. The summed E-state index contributed by atoms with van der Waals surface area (Å²) in [5.41, 5.74) is 1.20. The number of amides is 2. The topological polar surface area (TPSA) is 153 Å². The number of aliphatic carboxylic acids is 1. The maximum absolute atomic E-state index is 12.9. The Labute approximate surface area is 207 Å². The van der Waals surface area contributed by atoms with Crippen molar-refractivity contribution in [1.82, 2.24) is 10.6 Å². The van der Waals surface area contributed by atoms with Gasteiger partial charge in [0.05, 0.1) is 24.6 Å². The van der Waals surface area contributed by atoms with Crippen LogP contribution in [0.5, 0.6) is 11.5 Å². The maximum atomic E-state index is 12.9. The lowest BCUT2D eigenvalue weighted by atomic mass is 10.0. The van der Waals surface area contributed by atoms with Gasteiger partial charge in [0.1, 0.15) is 17.5 Å². The first kappa shape index (κ1) is 27.7. The normalized spacial score (nSPS) is 12.5. The first-order chi connectivity index (χ1) is 16.6. The highest BCUT2D eigenvalue weighted by Crippen LogP contribution is 2.22. The van der Waals surface area contributed by atoms with Crippen molar-refractivity contribution in [3.63, 3.8) is 0 Å². The van der Waals surface area contributed by atoms with E-state index in [0.717, 1.165) is 5.56 Å². The Morgan fingerprint density at radius 3 is 2.29 bits per heavy atom. The van der Waals surface area contributed by atoms with E-state index in [1.165, 1.54) is 30.0 Å². The Bertz CT molecular complexity index is 1040. The van der Waals surface area contributed by atoms with Crippen LogP contribution in [-0.2, 0) is 31.4 Å². The number of hydrogen-bond acceptors (Lipinski definition) is 7. The van der Waals surface area contributed by atoms with E-state index in [9.17, 15) is 34.5 Å². The fourth-order valence-electron chi connectivity index (χ4n) is 3.27. The second kappa shape index (κ2) is 13.4. The largest absolute Gasteiger partial charge is 0.508 e. The van der Waals surface area contributed by atoms with Crippen LogP contribution < -0.4 is 10.6 Å². The number of rotatable bonds is 13. The molecule has 0 heterocycles. The van der Waals surface area contributed by atoms with Crippen molar-refractivity contribution in [2.24, 2.45) is 5.92 Å². The summed E-state index contributed by atoms with van der Waals surface area (Å²) in [6, 6.07) is 11.0. The summed E-state index contributed by atoms with van der Waals surface area (Å²) < 4.78 is 0. The van der Waals surface area contributed by atoms with E-state index in [-0.39, 0.29) is 35.2 Å². The number of phenols is 2. The molecule has 2 amide bonds. The quantitative estimate of drug-likeness (QED) is 0.261. The monoisotopic (exact) mass is 502 g/mol. The van der Waals surface area contributed by atoms with Gasteiger partial charge in [-0.25, -0.2) is 0 Å². The predicted octanol–water partition coefficient (Wildman–Crippen LogP) is 2.24. The van der Waals surface area contributed by atoms with E-state index in [1.54, 1.807) is 13.8 Å². The number of carboxylic acid groups (broad SMARTS) is 1. The molecule has 0 spiro atoms. The van der Waals surface area contributed by atoms with Gasteiger partial charge in [-0.05, 0) is 29.7 Å².